The summed E-state index contributed by atoms with van der Waals surface area (Å²) < 4.78 is 36.3. The molecule has 3 aromatic heterocycles. The summed E-state index contributed by atoms with van der Waals surface area (Å²) in [4.78, 5) is 44.8. The molecule has 4 fully saturated rings. The van der Waals surface area contributed by atoms with Crippen LogP contribution in [-0.2, 0) is 10.0 Å². The van der Waals surface area contributed by atoms with Gasteiger partial charge in [0.2, 0.25) is 11.7 Å². The van der Waals surface area contributed by atoms with Crippen LogP contribution in [0.5, 0.6) is 5.88 Å². The fourth-order valence-electron chi connectivity index (χ4n) is 11.6. The number of hydrogen-bond acceptors (Lipinski definition) is 12. The number of pyridine rings is 2. The van der Waals surface area contributed by atoms with Crippen molar-refractivity contribution in [2.24, 2.45) is 11.3 Å². The third kappa shape index (κ3) is 8.69. The average Bonchev–Trinajstić information content (AvgIpc) is 3.95. The summed E-state index contributed by atoms with van der Waals surface area (Å²) in [5.41, 5.74) is 5.75. The number of aromatic amines is 1. The van der Waals surface area contributed by atoms with Crippen molar-refractivity contribution >= 4 is 55.5 Å². The fraction of sp³-hybridized carbons (Fsp3) is 0.500. The van der Waals surface area contributed by atoms with Gasteiger partial charge in [-0.25, -0.2) is 18.1 Å². The number of rotatable bonds is 12. The van der Waals surface area contributed by atoms with Crippen LogP contribution < -0.4 is 24.6 Å². The predicted molar refractivity (Wildman–Crippen MR) is 256 cm³/mol. The second-order valence-electron chi connectivity index (χ2n) is 19.6. The average molecular weight is 916 g/mol. The summed E-state index contributed by atoms with van der Waals surface area (Å²) in [6.07, 6.45) is 16.0. The Hall–Kier alpha value is -5.74. The van der Waals surface area contributed by atoms with Crippen LogP contribution in [0.3, 0.4) is 0 Å². The molecule has 1 amide bonds. The number of nitro groups is 1. The Bertz CT molecular complexity index is 2720. The van der Waals surface area contributed by atoms with Crippen LogP contribution >= 0.6 is 0 Å². The van der Waals surface area contributed by atoms with Crippen LogP contribution in [0, 0.1) is 21.4 Å². The summed E-state index contributed by atoms with van der Waals surface area (Å²) >= 11 is 0. The van der Waals surface area contributed by atoms with E-state index >= 15 is 0 Å². The van der Waals surface area contributed by atoms with E-state index in [1.54, 1.807) is 6.07 Å². The molecule has 1 atom stereocenters. The van der Waals surface area contributed by atoms with Crippen molar-refractivity contribution in [2.75, 3.05) is 54.4 Å². The van der Waals surface area contributed by atoms with E-state index < -0.39 is 31.4 Å². The molecule has 3 aliphatic heterocycles. The number of likely N-dealkylation sites (tertiary alicyclic amines) is 1. The fourth-order valence-corrected chi connectivity index (χ4v) is 12.5. The second kappa shape index (κ2) is 18.2. The topological polar surface area (TPSA) is 179 Å². The molecule has 5 aliphatic rings. The monoisotopic (exact) mass is 915 g/mol. The number of aromatic nitrogens is 3. The summed E-state index contributed by atoms with van der Waals surface area (Å²) in [5.74, 6) is 0.414. The van der Waals surface area contributed by atoms with E-state index in [4.69, 9.17) is 9.72 Å². The van der Waals surface area contributed by atoms with E-state index in [0.717, 1.165) is 81.5 Å². The molecule has 10 rings (SSSR count). The van der Waals surface area contributed by atoms with Gasteiger partial charge in [0, 0.05) is 61.6 Å². The summed E-state index contributed by atoms with van der Waals surface area (Å²) in [7, 11) is -4.60. The molecule has 0 bridgehead atoms. The number of amides is 1. The van der Waals surface area contributed by atoms with Crippen LogP contribution in [0.2, 0.25) is 0 Å². The maximum atomic E-state index is 14.4. The van der Waals surface area contributed by atoms with Gasteiger partial charge in [-0.05, 0) is 123 Å². The van der Waals surface area contributed by atoms with Crippen molar-refractivity contribution in [3.63, 3.8) is 0 Å². The molecule has 3 N–H and O–H groups in total. The van der Waals surface area contributed by atoms with E-state index in [9.17, 15) is 23.3 Å². The molecular formula is C50H61N9O6S. The Morgan fingerprint density at radius 3 is 2.55 bits per heavy atom. The summed E-state index contributed by atoms with van der Waals surface area (Å²) in [6.45, 7) is 8.89. The van der Waals surface area contributed by atoms with Gasteiger partial charge in [-0.2, -0.15) is 4.98 Å². The number of H-pyrrole nitrogens is 1. The lowest BCUT2D eigenvalue weighted by atomic mass is 9.59. The Morgan fingerprint density at radius 1 is 0.955 bits per heavy atom. The molecule has 0 radical (unpaired) electrons. The molecule has 2 saturated carbocycles. The minimum atomic E-state index is -4.60. The minimum Gasteiger partial charge on any atom is -0.476 e. The van der Waals surface area contributed by atoms with Gasteiger partial charge in [0.25, 0.3) is 15.9 Å². The van der Waals surface area contributed by atoms with Gasteiger partial charge in [0.1, 0.15) is 16.2 Å². The molecule has 2 aliphatic carbocycles. The van der Waals surface area contributed by atoms with Gasteiger partial charge < -0.3 is 24.8 Å². The Balaban J connectivity index is 0.895. The first-order valence-electron chi connectivity index (χ1n) is 24.0. The number of ether oxygens (including phenoxy) is 1. The Kier molecular flexibility index (Phi) is 12.1. The van der Waals surface area contributed by atoms with Crippen molar-refractivity contribution in [1.29, 1.82) is 0 Å². The molecule has 15 nitrogen and oxygen atoms in total. The third-order valence-corrected chi connectivity index (χ3v) is 16.5. The first kappa shape index (κ1) is 44.1. The number of carbonyl (C=O) groups is 1. The number of nitrogens with one attached hydrogen (secondary N) is 3. The van der Waals surface area contributed by atoms with Gasteiger partial charge in [0.15, 0.2) is 0 Å². The van der Waals surface area contributed by atoms with Crippen LogP contribution in [0.15, 0.2) is 78.0 Å². The molecule has 16 heteroatoms. The SMILES string of the molecule is CC(C)c1ccccc1[C@@H]1CCCN1C1CC2(CCN(c3ccc(C(=O)NS(=O)(=O)c4cnc(NCC5CCCCC5)c([N+](=O)[O-])c4)c(N4CCCOc5nc6[nH]ccc6cc54)c3)CC2)C1. The standard InChI is InChI=1S/C50H61N9O6S/c1-33(2)39-12-6-7-13-40(39)42-14-8-21-57(42)37-29-50(30-37)18-23-56(24-19-50)36-15-16-41(43(27-36)58-22-9-25-65-49-45(58)26-35-17-20-51-46(35)54-49)48(60)55-66(63,64)38-28-44(59(61)62)47(53-32-38)52-31-34-10-4-3-5-11-34/h6-7,12-13,15-17,20,26-28,32-34,37,42H,3-5,8-11,14,18-19,21-25,29-31H2,1-2H3,(H,51,54)(H,52,53)(H,55,60)/t42-/m0/s1. The van der Waals surface area contributed by atoms with Crippen LogP contribution in [-0.4, -0.2) is 84.5 Å². The van der Waals surface area contributed by atoms with Gasteiger partial charge in [-0.1, -0.05) is 57.4 Å². The van der Waals surface area contributed by atoms with Crippen molar-refractivity contribution in [2.45, 2.75) is 114 Å². The van der Waals surface area contributed by atoms with Crippen LogP contribution in [0.1, 0.15) is 124 Å². The molecule has 1 spiro atoms. The normalized spacial score (nSPS) is 20.5. The third-order valence-electron chi connectivity index (χ3n) is 15.2. The van der Waals surface area contributed by atoms with E-state index in [1.807, 2.05) is 35.4 Å². The molecule has 2 saturated heterocycles. The molecule has 6 heterocycles. The molecule has 2 aromatic carbocycles. The van der Waals surface area contributed by atoms with Gasteiger partial charge in [0.05, 0.1) is 29.0 Å². The lowest BCUT2D eigenvalue weighted by Gasteiger charge is -2.56. The lowest BCUT2D eigenvalue weighted by Crippen LogP contribution is -2.55. The molecule has 5 aromatic rings. The van der Waals surface area contributed by atoms with E-state index in [2.05, 4.69) is 67.9 Å². The first-order chi connectivity index (χ1) is 31.9. The second-order valence-corrected chi connectivity index (χ2v) is 21.3. The largest absolute Gasteiger partial charge is 0.476 e. The van der Waals surface area contributed by atoms with E-state index in [-0.39, 0.29) is 11.4 Å². The smallest absolute Gasteiger partial charge is 0.312 e. The molecule has 0 unspecified atom stereocenters. The zero-order chi connectivity index (χ0) is 45.6. The molecule has 348 valence electrons. The van der Waals surface area contributed by atoms with Crippen molar-refractivity contribution in [1.82, 2.24) is 24.6 Å². The zero-order valence-electron chi connectivity index (χ0n) is 38.0. The van der Waals surface area contributed by atoms with Crippen molar-refractivity contribution < 1.29 is 22.9 Å². The highest BCUT2D eigenvalue weighted by atomic mass is 32.2. The zero-order valence-corrected chi connectivity index (χ0v) is 38.8. The quantitative estimate of drug-likeness (QED) is 0.0799. The number of anilines is 4. The first-order valence-corrected chi connectivity index (χ1v) is 25.5. The van der Waals surface area contributed by atoms with Crippen LogP contribution in [0.25, 0.3) is 11.0 Å². The highest BCUT2D eigenvalue weighted by molar-refractivity contribution is 7.90. The highest BCUT2D eigenvalue weighted by Gasteiger charge is 2.50. The Labute approximate surface area is 386 Å². The summed E-state index contributed by atoms with van der Waals surface area (Å²) in [6, 6.07) is 20.5. The maximum absolute atomic E-state index is 14.4. The predicted octanol–water partition coefficient (Wildman–Crippen LogP) is 9.61. The van der Waals surface area contributed by atoms with Gasteiger partial charge in [-0.3, -0.25) is 19.8 Å². The van der Waals surface area contributed by atoms with Crippen molar-refractivity contribution in [3.8, 4) is 5.88 Å². The lowest BCUT2D eigenvalue weighted by molar-refractivity contribution is -0.384. The number of hydrogen-bond donors (Lipinski definition) is 3. The number of sulfonamides is 1. The number of benzene rings is 2. The van der Waals surface area contributed by atoms with Crippen LogP contribution in [0.4, 0.5) is 28.6 Å². The van der Waals surface area contributed by atoms with Crippen molar-refractivity contribution in [3.05, 3.63) is 99.9 Å². The van der Waals surface area contributed by atoms with Gasteiger partial charge >= 0.3 is 5.69 Å². The van der Waals surface area contributed by atoms with Gasteiger partial charge in [-0.15, -0.1) is 0 Å². The number of nitrogens with zero attached hydrogens (tertiary/aromatic N) is 6. The molecular weight excluding hydrogens is 855 g/mol. The minimum absolute atomic E-state index is 0.00478. The van der Waals surface area contributed by atoms with E-state index in [1.165, 1.54) is 43.2 Å². The highest BCUT2D eigenvalue weighted by Crippen LogP contribution is 2.54. The maximum Gasteiger partial charge on any atom is 0.312 e. The summed E-state index contributed by atoms with van der Waals surface area (Å²) in [5, 5.41) is 16.1. The number of carbonyl (C=O) groups excluding carboxylic acids is 1. The Morgan fingerprint density at radius 2 is 1.76 bits per heavy atom. The van der Waals surface area contributed by atoms with E-state index in [0.29, 0.717) is 78.4 Å². The number of piperidine rings is 1. The molecule has 66 heavy (non-hydrogen) atoms. The number of fused-ring (bicyclic) bond motifs is 2.